The van der Waals surface area contributed by atoms with Crippen molar-refractivity contribution >= 4 is 64.5 Å². The number of alkyl halides is 1. The number of rotatable bonds is 4. The van der Waals surface area contributed by atoms with Crippen molar-refractivity contribution in [3.63, 3.8) is 0 Å². The third kappa shape index (κ3) is 3.68. The maximum atomic E-state index is 16.4. The van der Waals surface area contributed by atoms with Crippen LogP contribution in [0, 0.1) is 0 Å². The van der Waals surface area contributed by atoms with Gasteiger partial charge in [0.15, 0.2) is 6.17 Å². The Hall–Kier alpha value is -5.33. The van der Waals surface area contributed by atoms with Gasteiger partial charge in [-0.15, -0.1) is 11.3 Å². The van der Waals surface area contributed by atoms with Crippen molar-refractivity contribution in [1.82, 2.24) is 19.1 Å². The molecule has 44 heavy (non-hydrogen) atoms. The molecule has 5 aromatic carbocycles. The SMILES string of the molecule is Cn1c(-c2cccc(C(F)c3cccc(-n4c5ccc6c7ccccc7sc6c5c5cccnc54)c3)c2)nc2ccccc21. The van der Waals surface area contributed by atoms with Gasteiger partial charge in [-0.25, -0.2) is 14.4 Å². The Labute approximate surface area is 256 Å². The molecule has 9 rings (SSSR count). The molecule has 0 radical (unpaired) electrons. The Balaban J connectivity index is 1.18. The summed E-state index contributed by atoms with van der Waals surface area (Å²) < 4.78 is 23.1. The predicted octanol–water partition coefficient (Wildman–Crippen LogP) is 10.2. The molecule has 0 saturated carbocycles. The number of imidazole rings is 1. The summed E-state index contributed by atoms with van der Waals surface area (Å²) in [5.74, 6) is 0.818. The summed E-state index contributed by atoms with van der Waals surface area (Å²) in [7, 11) is 2.00. The molecular weight excluding hydrogens is 564 g/mol. The Morgan fingerprint density at radius 1 is 0.705 bits per heavy atom. The van der Waals surface area contributed by atoms with Gasteiger partial charge in [-0.3, -0.25) is 4.57 Å². The number of hydrogen-bond donors (Lipinski definition) is 0. The van der Waals surface area contributed by atoms with Gasteiger partial charge in [-0.05, 0) is 65.7 Å². The highest BCUT2D eigenvalue weighted by atomic mass is 32.1. The largest absolute Gasteiger partial charge is 0.327 e. The highest BCUT2D eigenvalue weighted by Gasteiger charge is 2.20. The molecule has 6 heteroatoms. The zero-order valence-corrected chi connectivity index (χ0v) is 24.6. The summed E-state index contributed by atoms with van der Waals surface area (Å²) in [6.07, 6.45) is 0.522. The van der Waals surface area contributed by atoms with Crippen molar-refractivity contribution in [2.75, 3.05) is 0 Å². The zero-order valence-electron chi connectivity index (χ0n) is 23.8. The van der Waals surface area contributed by atoms with Crippen LogP contribution in [0.3, 0.4) is 0 Å². The number of nitrogens with zero attached hydrogens (tertiary/aromatic N) is 4. The molecule has 0 saturated heterocycles. The summed E-state index contributed by atoms with van der Waals surface area (Å²) in [5, 5.41) is 4.79. The van der Waals surface area contributed by atoms with E-state index in [9.17, 15) is 0 Å². The van der Waals surface area contributed by atoms with Crippen LogP contribution in [0.2, 0.25) is 0 Å². The van der Waals surface area contributed by atoms with Crippen LogP contribution in [-0.4, -0.2) is 19.1 Å². The average Bonchev–Trinajstić information content (AvgIpc) is 3.74. The van der Waals surface area contributed by atoms with Crippen LogP contribution in [0.4, 0.5) is 4.39 Å². The van der Waals surface area contributed by atoms with Crippen molar-refractivity contribution in [3.05, 3.63) is 139 Å². The first kappa shape index (κ1) is 25.2. The Morgan fingerprint density at radius 3 is 2.41 bits per heavy atom. The summed E-state index contributed by atoms with van der Waals surface area (Å²) in [6, 6.07) is 40.6. The third-order valence-electron chi connectivity index (χ3n) is 8.68. The minimum absolute atomic E-state index is 0.596. The molecular formula is C38H25FN4S. The standard InChI is InChI=1S/C38H25FN4S/c1-42-31-16-4-3-15-30(31)41-37(42)25-11-6-9-23(21-25)35(39)24-10-7-12-26(22-24)43-32-19-18-28-27-13-2-5-17-33(27)44-36(28)34(32)29-14-8-20-40-38(29)43/h2-22,35H,1H3. The minimum Gasteiger partial charge on any atom is -0.327 e. The lowest BCUT2D eigenvalue weighted by Gasteiger charge is -2.14. The molecule has 4 nitrogen and oxygen atoms in total. The maximum absolute atomic E-state index is 16.4. The lowest BCUT2D eigenvalue weighted by atomic mass is 10.00. The molecule has 1 atom stereocenters. The van der Waals surface area contributed by atoms with E-state index in [1.807, 2.05) is 97.4 Å². The van der Waals surface area contributed by atoms with Crippen molar-refractivity contribution in [3.8, 4) is 17.1 Å². The number of fused-ring (bicyclic) bond motifs is 8. The first-order chi connectivity index (χ1) is 21.7. The van der Waals surface area contributed by atoms with Crippen molar-refractivity contribution in [1.29, 1.82) is 0 Å². The van der Waals surface area contributed by atoms with Crippen LogP contribution in [0.5, 0.6) is 0 Å². The van der Waals surface area contributed by atoms with Crippen molar-refractivity contribution in [2.24, 2.45) is 7.05 Å². The number of aromatic nitrogens is 4. The summed E-state index contributed by atoms with van der Waals surface area (Å²) in [6.45, 7) is 0. The number of pyridine rings is 1. The fourth-order valence-corrected chi connectivity index (χ4v) is 7.88. The number of benzene rings is 5. The minimum atomic E-state index is -1.31. The van der Waals surface area contributed by atoms with Crippen molar-refractivity contribution < 1.29 is 4.39 Å². The van der Waals surface area contributed by atoms with Gasteiger partial charge >= 0.3 is 0 Å². The maximum Gasteiger partial charge on any atom is 0.150 e. The van der Waals surface area contributed by atoms with Gasteiger partial charge < -0.3 is 4.57 Å². The third-order valence-corrected chi connectivity index (χ3v) is 9.88. The summed E-state index contributed by atoms with van der Waals surface area (Å²) >= 11 is 1.81. The molecule has 0 aliphatic rings. The number of aryl methyl sites for hydroxylation is 1. The van der Waals surface area contributed by atoms with Crippen LogP contribution in [-0.2, 0) is 7.05 Å². The summed E-state index contributed by atoms with van der Waals surface area (Å²) in [4.78, 5) is 9.65. The Bertz CT molecular complexity index is 2550. The fraction of sp³-hybridized carbons (Fsp3) is 0.0526. The molecule has 4 heterocycles. The van der Waals surface area contributed by atoms with E-state index >= 15 is 4.39 Å². The van der Waals surface area contributed by atoms with E-state index in [4.69, 9.17) is 9.97 Å². The lowest BCUT2D eigenvalue weighted by Crippen LogP contribution is -2.00. The van der Waals surface area contributed by atoms with Crippen LogP contribution >= 0.6 is 11.3 Å². The van der Waals surface area contributed by atoms with Gasteiger partial charge in [0, 0.05) is 55.4 Å². The number of para-hydroxylation sites is 2. The molecule has 9 aromatic rings. The van der Waals surface area contributed by atoms with E-state index in [0.29, 0.717) is 11.1 Å². The number of hydrogen-bond acceptors (Lipinski definition) is 3. The second-order valence-corrected chi connectivity index (χ2v) is 12.3. The fourth-order valence-electron chi connectivity index (χ4n) is 6.62. The molecule has 0 spiro atoms. The van der Waals surface area contributed by atoms with E-state index in [1.54, 1.807) is 0 Å². The molecule has 0 aliphatic heterocycles. The van der Waals surface area contributed by atoms with Crippen LogP contribution in [0.25, 0.3) is 70.2 Å². The number of thiophene rings is 1. The van der Waals surface area contributed by atoms with Gasteiger partial charge in [0.25, 0.3) is 0 Å². The Morgan fingerprint density at radius 2 is 1.50 bits per heavy atom. The van der Waals surface area contributed by atoms with Crippen molar-refractivity contribution in [2.45, 2.75) is 6.17 Å². The highest BCUT2D eigenvalue weighted by molar-refractivity contribution is 7.26. The molecule has 0 N–H and O–H groups in total. The van der Waals surface area contributed by atoms with E-state index in [1.165, 1.54) is 25.6 Å². The summed E-state index contributed by atoms with van der Waals surface area (Å²) in [5.41, 5.74) is 6.86. The quantitative estimate of drug-likeness (QED) is 0.205. The van der Waals surface area contributed by atoms with Crippen LogP contribution in [0.15, 0.2) is 128 Å². The van der Waals surface area contributed by atoms with Gasteiger partial charge in [0.1, 0.15) is 11.5 Å². The predicted molar refractivity (Wildman–Crippen MR) is 181 cm³/mol. The highest BCUT2D eigenvalue weighted by Crippen LogP contribution is 2.43. The van der Waals surface area contributed by atoms with E-state index in [-0.39, 0.29) is 0 Å². The topological polar surface area (TPSA) is 35.6 Å². The van der Waals surface area contributed by atoms with Gasteiger partial charge in [0.05, 0.1) is 16.6 Å². The van der Waals surface area contributed by atoms with Gasteiger partial charge in [-0.1, -0.05) is 66.7 Å². The second kappa shape index (κ2) is 9.59. The van der Waals surface area contributed by atoms with Gasteiger partial charge in [-0.2, -0.15) is 0 Å². The van der Waals surface area contributed by atoms with Gasteiger partial charge in [0.2, 0.25) is 0 Å². The first-order valence-electron chi connectivity index (χ1n) is 14.6. The first-order valence-corrected chi connectivity index (χ1v) is 15.4. The van der Waals surface area contributed by atoms with Crippen LogP contribution in [0.1, 0.15) is 17.3 Å². The molecule has 4 aromatic heterocycles. The molecule has 0 bridgehead atoms. The average molecular weight is 589 g/mol. The molecule has 1 unspecified atom stereocenters. The molecule has 0 amide bonds. The zero-order chi connectivity index (χ0) is 29.4. The monoisotopic (exact) mass is 588 g/mol. The Kier molecular flexibility index (Phi) is 5.49. The van der Waals surface area contributed by atoms with E-state index < -0.39 is 6.17 Å². The smallest absolute Gasteiger partial charge is 0.150 e. The van der Waals surface area contributed by atoms with E-state index in [0.717, 1.165) is 44.7 Å². The second-order valence-electron chi connectivity index (χ2n) is 11.2. The number of halogens is 1. The molecule has 210 valence electrons. The molecule has 0 aliphatic carbocycles. The normalized spacial score (nSPS) is 12.7. The lowest BCUT2D eigenvalue weighted by molar-refractivity contribution is 0.402. The molecule has 0 fully saturated rings. The van der Waals surface area contributed by atoms with E-state index in [2.05, 4.69) is 57.7 Å². The van der Waals surface area contributed by atoms with Crippen LogP contribution < -0.4 is 0 Å².